The van der Waals surface area contributed by atoms with Gasteiger partial charge in [0, 0.05) is 44.6 Å². The van der Waals surface area contributed by atoms with E-state index in [0.717, 1.165) is 61.9 Å². The lowest BCUT2D eigenvalue weighted by Gasteiger charge is -2.26. The number of anilines is 3. The first-order valence-electron chi connectivity index (χ1n) is 18.3. The zero-order chi connectivity index (χ0) is 35.8. The first kappa shape index (κ1) is 31.4. The first-order chi connectivity index (χ1) is 26.8. The lowest BCUT2D eigenvalue weighted by Crippen LogP contribution is -2.10. The highest BCUT2D eigenvalue weighted by molar-refractivity contribution is 6.10. The zero-order valence-electron chi connectivity index (χ0n) is 29.4. The molecule has 4 heteroatoms. The molecule has 10 rings (SSSR count). The molecule has 0 fully saturated rings. The normalized spacial score (nSPS) is 11.3. The van der Waals surface area contributed by atoms with Crippen LogP contribution in [0.3, 0.4) is 0 Å². The molecule has 0 saturated carbocycles. The molecule has 4 nitrogen and oxygen atoms in total. The summed E-state index contributed by atoms with van der Waals surface area (Å²) >= 11 is 0. The van der Waals surface area contributed by atoms with Gasteiger partial charge in [0.2, 0.25) is 0 Å². The molecular formula is C50H34N4. The van der Waals surface area contributed by atoms with E-state index in [4.69, 9.17) is 9.97 Å². The maximum absolute atomic E-state index is 5.17. The van der Waals surface area contributed by atoms with Gasteiger partial charge in [-0.15, -0.1) is 0 Å². The molecule has 2 aromatic heterocycles. The number of nitrogens with zero attached hydrogens (tertiary/aromatic N) is 4. The van der Waals surface area contributed by atoms with Crippen LogP contribution in [0.5, 0.6) is 0 Å². The molecule has 0 radical (unpaired) electrons. The van der Waals surface area contributed by atoms with E-state index in [9.17, 15) is 0 Å². The Morgan fingerprint density at radius 2 is 0.852 bits per heavy atom. The molecule has 0 aliphatic rings. The van der Waals surface area contributed by atoms with Gasteiger partial charge in [0.05, 0.1) is 33.5 Å². The van der Waals surface area contributed by atoms with Crippen molar-refractivity contribution < 1.29 is 0 Å². The zero-order valence-corrected chi connectivity index (χ0v) is 29.4. The molecule has 0 spiro atoms. The third-order valence-electron chi connectivity index (χ3n) is 10.2. The van der Waals surface area contributed by atoms with Crippen LogP contribution in [-0.4, -0.2) is 14.5 Å². The lowest BCUT2D eigenvalue weighted by atomic mass is 10.0. The molecule has 0 unspecified atom stereocenters. The molecule has 54 heavy (non-hydrogen) atoms. The van der Waals surface area contributed by atoms with Crippen LogP contribution in [0.15, 0.2) is 206 Å². The maximum atomic E-state index is 5.17. The Morgan fingerprint density at radius 3 is 1.56 bits per heavy atom. The average Bonchev–Trinajstić information content (AvgIpc) is 3.58. The molecule has 8 aromatic carbocycles. The SMILES string of the molecule is c1ccc(-c2cccc(N(c3ccc(-c4nc5ccccc5nc4-c4ccccc4)cc3)c3ccc4c(c3)c3ccccc3n4-c3ccccc3)c2)cc1. The van der Waals surface area contributed by atoms with Crippen molar-refractivity contribution in [3.05, 3.63) is 206 Å². The highest BCUT2D eigenvalue weighted by atomic mass is 15.1. The summed E-state index contributed by atoms with van der Waals surface area (Å²) in [5.41, 5.74) is 14.6. The van der Waals surface area contributed by atoms with Gasteiger partial charge in [0.1, 0.15) is 0 Å². The van der Waals surface area contributed by atoms with Crippen LogP contribution in [0.1, 0.15) is 0 Å². The van der Waals surface area contributed by atoms with Crippen molar-refractivity contribution in [1.82, 2.24) is 14.5 Å². The summed E-state index contributed by atoms with van der Waals surface area (Å²) in [6.45, 7) is 0. The van der Waals surface area contributed by atoms with Gasteiger partial charge in [-0.05, 0) is 83.9 Å². The molecule has 0 N–H and O–H groups in total. The molecule has 0 aliphatic carbocycles. The van der Waals surface area contributed by atoms with Gasteiger partial charge in [-0.2, -0.15) is 0 Å². The van der Waals surface area contributed by atoms with E-state index in [1.54, 1.807) is 0 Å². The average molecular weight is 691 g/mol. The minimum atomic E-state index is 0.860. The van der Waals surface area contributed by atoms with Crippen LogP contribution in [-0.2, 0) is 0 Å². The fourth-order valence-electron chi connectivity index (χ4n) is 7.62. The van der Waals surface area contributed by atoms with E-state index in [-0.39, 0.29) is 0 Å². The maximum Gasteiger partial charge on any atom is 0.0973 e. The Balaban J connectivity index is 1.15. The number of hydrogen-bond donors (Lipinski definition) is 0. The van der Waals surface area contributed by atoms with Crippen LogP contribution >= 0.6 is 0 Å². The Morgan fingerprint density at radius 1 is 0.333 bits per heavy atom. The molecule has 2 heterocycles. The number of aromatic nitrogens is 3. The molecule has 0 bridgehead atoms. The van der Waals surface area contributed by atoms with Crippen LogP contribution in [0, 0.1) is 0 Å². The van der Waals surface area contributed by atoms with Gasteiger partial charge < -0.3 is 9.47 Å². The molecular weight excluding hydrogens is 657 g/mol. The molecule has 0 saturated heterocycles. The van der Waals surface area contributed by atoms with Crippen molar-refractivity contribution in [2.45, 2.75) is 0 Å². The van der Waals surface area contributed by atoms with E-state index >= 15 is 0 Å². The van der Waals surface area contributed by atoms with Crippen molar-refractivity contribution in [2.75, 3.05) is 4.90 Å². The van der Waals surface area contributed by atoms with Crippen LogP contribution < -0.4 is 4.90 Å². The van der Waals surface area contributed by atoms with Crippen molar-refractivity contribution >= 4 is 49.9 Å². The number of para-hydroxylation sites is 4. The van der Waals surface area contributed by atoms with E-state index in [1.165, 1.54) is 27.4 Å². The Labute approximate surface area is 313 Å². The predicted octanol–water partition coefficient (Wildman–Crippen LogP) is 13.2. The van der Waals surface area contributed by atoms with Crippen LogP contribution in [0.25, 0.3) is 72.2 Å². The second-order valence-electron chi connectivity index (χ2n) is 13.5. The summed E-state index contributed by atoms with van der Waals surface area (Å²) in [6.07, 6.45) is 0. The summed E-state index contributed by atoms with van der Waals surface area (Å²) in [5, 5.41) is 2.42. The fourth-order valence-corrected chi connectivity index (χ4v) is 7.62. The van der Waals surface area contributed by atoms with E-state index in [2.05, 4.69) is 185 Å². The third kappa shape index (κ3) is 5.58. The smallest absolute Gasteiger partial charge is 0.0973 e. The van der Waals surface area contributed by atoms with Crippen LogP contribution in [0.4, 0.5) is 17.1 Å². The highest BCUT2D eigenvalue weighted by Crippen LogP contribution is 2.41. The quantitative estimate of drug-likeness (QED) is 0.167. The van der Waals surface area contributed by atoms with E-state index < -0.39 is 0 Å². The van der Waals surface area contributed by atoms with E-state index in [1.807, 2.05) is 30.3 Å². The number of rotatable bonds is 7. The number of hydrogen-bond acceptors (Lipinski definition) is 3. The second kappa shape index (κ2) is 13.4. The molecule has 0 amide bonds. The lowest BCUT2D eigenvalue weighted by molar-refractivity contribution is 1.18. The fraction of sp³-hybridized carbons (Fsp3) is 0. The van der Waals surface area contributed by atoms with Gasteiger partial charge in [-0.25, -0.2) is 9.97 Å². The molecule has 0 aliphatic heterocycles. The molecule has 254 valence electrons. The topological polar surface area (TPSA) is 34.0 Å². The standard InChI is InChI=1S/C50H34N4/c1-4-15-35(16-5-1)38-19-14-22-41(33-38)53(42-31-32-48-44(34-42)43-23-10-13-26-47(43)54(48)39-20-8-3-9-21-39)40-29-27-37(28-30-40)50-49(36-17-6-2-7-18-36)51-45-24-11-12-25-46(45)52-50/h1-34H. The Hall–Kier alpha value is -7.30. The summed E-state index contributed by atoms with van der Waals surface area (Å²) in [7, 11) is 0. The monoisotopic (exact) mass is 690 g/mol. The van der Waals surface area contributed by atoms with E-state index in [0.29, 0.717) is 0 Å². The van der Waals surface area contributed by atoms with Crippen molar-refractivity contribution in [3.8, 4) is 39.3 Å². The third-order valence-corrected chi connectivity index (χ3v) is 10.2. The van der Waals surface area contributed by atoms with Crippen molar-refractivity contribution in [3.63, 3.8) is 0 Å². The molecule has 10 aromatic rings. The minimum absolute atomic E-state index is 0.860. The summed E-state index contributed by atoms with van der Waals surface area (Å²) in [6, 6.07) is 72.7. The summed E-state index contributed by atoms with van der Waals surface area (Å²) in [5.74, 6) is 0. The highest BCUT2D eigenvalue weighted by Gasteiger charge is 2.19. The molecule has 0 atom stereocenters. The van der Waals surface area contributed by atoms with Gasteiger partial charge in [-0.1, -0.05) is 133 Å². The summed E-state index contributed by atoms with van der Waals surface area (Å²) < 4.78 is 2.36. The number of benzene rings is 8. The van der Waals surface area contributed by atoms with Gasteiger partial charge in [0.15, 0.2) is 0 Å². The largest absolute Gasteiger partial charge is 0.310 e. The van der Waals surface area contributed by atoms with Gasteiger partial charge >= 0.3 is 0 Å². The summed E-state index contributed by atoms with van der Waals surface area (Å²) in [4.78, 5) is 12.6. The number of fused-ring (bicyclic) bond motifs is 4. The Bertz CT molecular complexity index is 2920. The van der Waals surface area contributed by atoms with Gasteiger partial charge in [0.25, 0.3) is 0 Å². The predicted molar refractivity (Wildman–Crippen MR) is 225 cm³/mol. The van der Waals surface area contributed by atoms with Gasteiger partial charge in [-0.3, -0.25) is 0 Å². The van der Waals surface area contributed by atoms with Crippen LogP contribution in [0.2, 0.25) is 0 Å². The van der Waals surface area contributed by atoms with Crippen molar-refractivity contribution in [1.29, 1.82) is 0 Å². The second-order valence-corrected chi connectivity index (χ2v) is 13.5. The Kier molecular flexibility index (Phi) is 7.77. The minimum Gasteiger partial charge on any atom is -0.310 e. The first-order valence-corrected chi connectivity index (χ1v) is 18.3. The van der Waals surface area contributed by atoms with Crippen molar-refractivity contribution in [2.24, 2.45) is 0 Å².